The fourth-order valence-corrected chi connectivity index (χ4v) is 0.890. The van der Waals surface area contributed by atoms with Crippen molar-refractivity contribution in [3.8, 4) is 0 Å². The Morgan fingerprint density at radius 2 is 1.77 bits per heavy atom. The van der Waals surface area contributed by atoms with Crippen molar-refractivity contribution < 1.29 is 19.2 Å². The second-order valence-corrected chi connectivity index (χ2v) is 3.75. The summed E-state index contributed by atoms with van der Waals surface area (Å²) < 4.78 is 11.8. The molecule has 5 nitrogen and oxygen atoms in total. The van der Waals surface area contributed by atoms with Crippen molar-refractivity contribution in [2.24, 2.45) is 11.1 Å². The number of rotatable bonds is 2. The number of hydrogen-bond acceptors (Lipinski definition) is 3. The van der Waals surface area contributed by atoms with Crippen LogP contribution in [0.5, 0.6) is 0 Å². The van der Waals surface area contributed by atoms with Crippen LogP contribution in [0.3, 0.4) is 0 Å². The number of nitrogens with one attached hydrogen (secondary N) is 1. The molecule has 1 unspecified atom stereocenters. The summed E-state index contributed by atoms with van der Waals surface area (Å²) in [5.41, 5.74) is 1.81. The third kappa shape index (κ3) is 1.77. The van der Waals surface area contributed by atoms with Gasteiger partial charge in [-0.15, -0.1) is 4.48 Å². The summed E-state index contributed by atoms with van der Waals surface area (Å²) in [6.45, 7) is 4.19. The zero-order chi connectivity index (χ0) is 10.9. The molecule has 0 spiro atoms. The predicted molar refractivity (Wildman–Crippen MR) is 42.8 cm³/mol. The fourth-order valence-electron chi connectivity index (χ4n) is 0.890. The molecular formula is C7H13FN2O3. The zero-order valence-corrected chi connectivity index (χ0v) is 7.72. The molecule has 0 saturated heterocycles. The Labute approximate surface area is 75.0 Å². The summed E-state index contributed by atoms with van der Waals surface area (Å²) in [6.07, 6.45) is 0. The second-order valence-electron chi connectivity index (χ2n) is 3.75. The van der Waals surface area contributed by atoms with E-state index in [2.05, 4.69) is 0 Å². The number of aliphatic hydroxyl groups is 1. The number of hydrogen-bond donors (Lipinski definition) is 3. The lowest BCUT2D eigenvalue weighted by Crippen LogP contribution is -2.62. The molecule has 0 aliphatic carbocycles. The molecule has 4 N–H and O–H groups in total. The number of halogens is 1. The maximum absolute atomic E-state index is 11.8. The van der Waals surface area contributed by atoms with Gasteiger partial charge in [-0.2, -0.15) is 5.54 Å². The molecule has 0 aliphatic heterocycles. The first-order valence-corrected chi connectivity index (χ1v) is 3.61. The number of primary amides is 1. The molecule has 0 saturated carbocycles. The minimum absolute atomic E-state index is 0.704. The standard InChI is InChI=1S/C7H13FN2O3/c1-6(2,3)7(13,4(9)11)5(12)10-8/h13H,1-3H3,(H2,9,11)(H,10,12). The third-order valence-corrected chi connectivity index (χ3v) is 1.86. The smallest absolute Gasteiger partial charge is 0.289 e. The zero-order valence-electron chi connectivity index (χ0n) is 7.72. The Balaban J connectivity index is 5.20. The lowest BCUT2D eigenvalue weighted by atomic mass is 9.75. The fraction of sp³-hybridized carbons (Fsp3) is 0.714. The van der Waals surface area contributed by atoms with E-state index >= 15 is 0 Å². The lowest BCUT2D eigenvalue weighted by Gasteiger charge is -2.34. The topological polar surface area (TPSA) is 92.4 Å². The largest absolute Gasteiger partial charge is 0.371 e. The van der Waals surface area contributed by atoms with Gasteiger partial charge >= 0.3 is 0 Å². The third-order valence-electron chi connectivity index (χ3n) is 1.86. The highest BCUT2D eigenvalue weighted by Crippen LogP contribution is 2.30. The normalized spacial score (nSPS) is 16.1. The SMILES string of the molecule is CC(C)(C)C(O)(C(N)=O)C(=O)NF. The van der Waals surface area contributed by atoms with Gasteiger partial charge < -0.3 is 10.8 Å². The molecule has 0 rings (SSSR count). The molecule has 76 valence electrons. The molecule has 0 fully saturated rings. The summed E-state index contributed by atoms with van der Waals surface area (Å²) in [4.78, 5) is 21.7. The molecule has 0 heterocycles. The second kappa shape index (κ2) is 3.29. The molecule has 0 aromatic rings. The number of amides is 2. The highest BCUT2D eigenvalue weighted by Gasteiger charge is 2.52. The summed E-state index contributed by atoms with van der Waals surface area (Å²) in [6, 6.07) is 0. The van der Waals surface area contributed by atoms with Gasteiger partial charge in [0.05, 0.1) is 0 Å². The van der Waals surface area contributed by atoms with Gasteiger partial charge in [-0.1, -0.05) is 20.8 Å². The van der Waals surface area contributed by atoms with Gasteiger partial charge in [0.1, 0.15) is 0 Å². The minimum Gasteiger partial charge on any atom is -0.371 e. The van der Waals surface area contributed by atoms with Crippen LogP contribution in [0.15, 0.2) is 0 Å². The predicted octanol–water partition coefficient (Wildman–Crippen LogP) is -0.750. The molecule has 0 aromatic heterocycles. The summed E-state index contributed by atoms with van der Waals surface area (Å²) in [5, 5.41) is 9.57. The highest BCUT2D eigenvalue weighted by atomic mass is 19.2. The minimum atomic E-state index is -2.54. The van der Waals surface area contributed by atoms with Crippen LogP contribution in [-0.4, -0.2) is 22.5 Å². The molecule has 6 heteroatoms. The van der Waals surface area contributed by atoms with Crippen molar-refractivity contribution in [1.29, 1.82) is 0 Å². The molecule has 0 aromatic carbocycles. The van der Waals surface area contributed by atoms with E-state index in [-0.39, 0.29) is 0 Å². The molecule has 1 atom stereocenters. The van der Waals surface area contributed by atoms with Gasteiger partial charge in [-0.25, -0.2) is 0 Å². The molecular weight excluding hydrogens is 179 g/mol. The first kappa shape index (κ1) is 11.8. The van der Waals surface area contributed by atoms with E-state index in [1.807, 2.05) is 0 Å². The summed E-state index contributed by atoms with van der Waals surface area (Å²) >= 11 is 0. The maximum Gasteiger partial charge on any atom is 0.289 e. The monoisotopic (exact) mass is 192 g/mol. The van der Waals surface area contributed by atoms with E-state index < -0.39 is 22.8 Å². The Bertz CT molecular complexity index is 236. The van der Waals surface area contributed by atoms with Crippen LogP contribution < -0.4 is 11.3 Å². The van der Waals surface area contributed by atoms with Crippen LogP contribution in [0.4, 0.5) is 4.48 Å². The maximum atomic E-state index is 11.8. The van der Waals surface area contributed by atoms with Crippen molar-refractivity contribution >= 4 is 11.8 Å². The van der Waals surface area contributed by atoms with Crippen molar-refractivity contribution in [3.05, 3.63) is 0 Å². The van der Waals surface area contributed by atoms with Gasteiger partial charge in [-0.3, -0.25) is 9.59 Å². The molecule has 0 radical (unpaired) electrons. The molecule has 13 heavy (non-hydrogen) atoms. The van der Waals surface area contributed by atoms with Crippen LogP contribution in [-0.2, 0) is 9.59 Å². The first-order valence-electron chi connectivity index (χ1n) is 3.61. The van der Waals surface area contributed by atoms with Crippen LogP contribution >= 0.6 is 0 Å². The van der Waals surface area contributed by atoms with Crippen molar-refractivity contribution in [1.82, 2.24) is 5.54 Å². The number of carbonyl (C=O) groups is 2. The van der Waals surface area contributed by atoms with Crippen molar-refractivity contribution in [2.45, 2.75) is 26.4 Å². The Kier molecular flexibility index (Phi) is 3.00. The van der Waals surface area contributed by atoms with Crippen LogP contribution in [0, 0.1) is 5.41 Å². The van der Waals surface area contributed by atoms with Gasteiger partial charge in [-0.05, 0) is 0 Å². The van der Waals surface area contributed by atoms with E-state index in [0.717, 1.165) is 0 Å². The van der Waals surface area contributed by atoms with Crippen LogP contribution in [0.25, 0.3) is 0 Å². The summed E-state index contributed by atoms with van der Waals surface area (Å²) in [5.74, 6) is -2.73. The van der Waals surface area contributed by atoms with Gasteiger partial charge in [0.2, 0.25) is 5.60 Å². The van der Waals surface area contributed by atoms with E-state index in [9.17, 15) is 19.2 Å². The van der Waals surface area contributed by atoms with E-state index in [0.29, 0.717) is 5.54 Å². The van der Waals surface area contributed by atoms with Gasteiger partial charge in [0.15, 0.2) is 0 Å². The van der Waals surface area contributed by atoms with Crippen molar-refractivity contribution in [3.63, 3.8) is 0 Å². The molecule has 0 aliphatic rings. The number of nitrogens with two attached hydrogens (primary N) is 1. The Hall–Kier alpha value is -1.17. The van der Waals surface area contributed by atoms with Gasteiger partial charge in [0, 0.05) is 5.41 Å². The average Bonchev–Trinajstić information content (AvgIpc) is 1.98. The summed E-state index contributed by atoms with van der Waals surface area (Å²) in [7, 11) is 0. The van der Waals surface area contributed by atoms with E-state index in [1.54, 1.807) is 0 Å². The van der Waals surface area contributed by atoms with Crippen LogP contribution in [0.2, 0.25) is 0 Å². The van der Waals surface area contributed by atoms with E-state index in [4.69, 9.17) is 5.73 Å². The van der Waals surface area contributed by atoms with Crippen LogP contribution in [0.1, 0.15) is 20.8 Å². The molecule has 0 bridgehead atoms. The lowest BCUT2D eigenvalue weighted by molar-refractivity contribution is -0.166. The Morgan fingerprint density at radius 3 is 1.85 bits per heavy atom. The molecule has 2 amide bonds. The first-order chi connectivity index (χ1) is 5.67. The average molecular weight is 192 g/mol. The van der Waals surface area contributed by atoms with Crippen molar-refractivity contribution in [2.75, 3.05) is 0 Å². The quantitative estimate of drug-likeness (QED) is 0.397. The Morgan fingerprint density at radius 1 is 1.38 bits per heavy atom. The number of carbonyl (C=O) groups excluding carboxylic acids is 2. The highest BCUT2D eigenvalue weighted by molar-refractivity contribution is 6.08. The van der Waals surface area contributed by atoms with E-state index in [1.165, 1.54) is 20.8 Å². The van der Waals surface area contributed by atoms with Gasteiger partial charge in [0.25, 0.3) is 11.8 Å².